The molecule has 0 radical (unpaired) electrons. The fraction of sp³-hybridized carbons (Fsp3) is 0.233. The molecular weight excluding hydrogens is 518 g/mol. The number of benzene rings is 3. The molecule has 0 aliphatic heterocycles. The summed E-state index contributed by atoms with van der Waals surface area (Å²) in [5, 5.41) is 5.51. The molecule has 1 atom stereocenters. The van der Waals surface area contributed by atoms with Crippen molar-refractivity contribution >= 4 is 45.6 Å². The molecule has 0 unspecified atom stereocenters. The molecule has 3 N–H and O–H groups in total. The summed E-state index contributed by atoms with van der Waals surface area (Å²) in [5.74, 6) is -1.24. The SMILES string of the molecule is CCCCCCc1ccc(-c2csc(NC(=O)[C@@H](OC(=O)c3ccc(Cl)cc3N)c3ccccc3)n2)cc1. The first-order valence-corrected chi connectivity index (χ1v) is 13.9. The Morgan fingerprint density at radius 3 is 2.50 bits per heavy atom. The maximum Gasteiger partial charge on any atom is 0.341 e. The number of nitrogens with one attached hydrogen (secondary N) is 1. The number of nitrogens with two attached hydrogens (primary N) is 1. The molecule has 4 rings (SSSR count). The quantitative estimate of drug-likeness (QED) is 0.114. The van der Waals surface area contributed by atoms with Crippen molar-refractivity contribution in [2.75, 3.05) is 11.1 Å². The number of halogens is 1. The number of unbranched alkanes of at least 4 members (excludes halogenated alkanes) is 3. The Bertz CT molecular complexity index is 1370. The summed E-state index contributed by atoms with van der Waals surface area (Å²) >= 11 is 7.26. The first-order valence-electron chi connectivity index (χ1n) is 12.6. The van der Waals surface area contributed by atoms with Crippen LogP contribution in [0.15, 0.2) is 78.2 Å². The second-order valence-corrected chi connectivity index (χ2v) is 10.3. The number of hydrogen-bond acceptors (Lipinski definition) is 6. The van der Waals surface area contributed by atoms with Gasteiger partial charge in [0.2, 0.25) is 6.10 Å². The van der Waals surface area contributed by atoms with Crippen LogP contribution in [0.1, 0.15) is 60.2 Å². The van der Waals surface area contributed by atoms with Crippen LogP contribution in [0.5, 0.6) is 0 Å². The van der Waals surface area contributed by atoms with Crippen LogP contribution in [0.2, 0.25) is 5.02 Å². The van der Waals surface area contributed by atoms with Gasteiger partial charge in [0, 0.05) is 27.2 Å². The van der Waals surface area contributed by atoms with Crippen molar-refractivity contribution < 1.29 is 14.3 Å². The molecule has 1 aromatic heterocycles. The molecule has 0 bridgehead atoms. The van der Waals surface area contributed by atoms with E-state index in [1.54, 1.807) is 30.3 Å². The molecule has 0 fully saturated rings. The van der Waals surface area contributed by atoms with Gasteiger partial charge in [-0.2, -0.15) is 0 Å². The van der Waals surface area contributed by atoms with Crippen molar-refractivity contribution in [3.63, 3.8) is 0 Å². The molecule has 38 heavy (non-hydrogen) atoms. The summed E-state index contributed by atoms with van der Waals surface area (Å²) < 4.78 is 5.63. The van der Waals surface area contributed by atoms with Crippen LogP contribution in [0.4, 0.5) is 10.8 Å². The molecular formula is C30H30ClN3O3S. The van der Waals surface area contributed by atoms with Gasteiger partial charge in [-0.05, 0) is 36.6 Å². The lowest BCUT2D eigenvalue weighted by Crippen LogP contribution is -2.26. The Balaban J connectivity index is 1.46. The van der Waals surface area contributed by atoms with Gasteiger partial charge in [-0.3, -0.25) is 10.1 Å². The van der Waals surface area contributed by atoms with Crippen LogP contribution in [0.3, 0.4) is 0 Å². The Morgan fingerprint density at radius 1 is 1.03 bits per heavy atom. The van der Waals surface area contributed by atoms with E-state index in [1.165, 1.54) is 54.7 Å². The Morgan fingerprint density at radius 2 is 1.79 bits per heavy atom. The molecule has 0 aliphatic rings. The molecule has 4 aromatic rings. The van der Waals surface area contributed by atoms with Crippen molar-refractivity contribution in [3.05, 3.63) is 99.9 Å². The fourth-order valence-electron chi connectivity index (χ4n) is 4.02. The van der Waals surface area contributed by atoms with E-state index >= 15 is 0 Å². The first kappa shape index (κ1) is 27.4. The molecule has 196 valence electrons. The number of anilines is 2. The number of thiazole rings is 1. The van der Waals surface area contributed by atoms with E-state index in [2.05, 4.69) is 41.5 Å². The molecule has 3 aromatic carbocycles. The summed E-state index contributed by atoms with van der Waals surface area (Å²) in [6, 6.07) is 21.7. The van der Waals surface area contributed by atoms with Crippen molar-refractivity contribution in [2.24, 2.45) is 0 Å². The van der Waals surface area contributed by atoms with Gasteiger partial charge in [0.05, 0.1) is 11.3 Å². The minimum Gasteiger partial charge on any atom is -0.444 e. The Kier molecular flexibility index (Phi) is 9.51. The number of nitrogens with zero attached hydrogens (tertiary/aromatic N) is 1. The summed E-state index contributed by atoms with van der Waals surface area (Å²) in [6.07, 6.45) is 4.81. The molecule has 0 spiro atoms. The summed E-state index contributed by atoms with van der Waals surface area (Å²) in [7, 11) is 0. The molecule has 0 aliphatic carbocycles. The third kappa shape index (κ3) is 7.21. The highest BCUT2D eigenvalue weighted by atomic mass is 35.5. The number of carbonyl (C=O) groups excluding carboxylic acids is 2. The van der Waals surface area contributed by atoms with Crippen LogP contribution in [-0.2, 0) is 16.0 Å². The van der Waals surface area contributed by atoms with Gasteiger partial charge in [0.15, 0.2) is 5.13 Å². The molecule has 1 heterocycles. The van der Waals surface area contributed by atoms with E-state index in [9.17, 15) is 9.59 Å². The number of rotatable bonds is 11. The maximum absolute atomic E-state index is 13.3. The third-order valence-corrected chi connectivity index (χ3v) is 7.09. The van der Waals surface area contributed by atoms with E-state index in [-0.39, 0.29) is 11.3 Å². The van der Waals surface area contributed by atoms with Gasteiger partial charge in [0.25, 0.3) is 5.91 Å². The van der Waals surface area contributed by atoms with Crippen molar-refractivity contribution in [1.82, 2.24) is 4.98 Å². The highest BCUT2D eigenvalue weighted by Crippen LogP contribution is 2.28. The van der Waals surface area contributed by atoms with Gasteiger partial charge in [0.1, 0.15) is 0 Å². The average Bonchev–Trinajstić information content (AvgIpc) is 3.39. The second-order valence-electron chi connectivity index (χ2n) is 8.96. The summed E-state index contributed by atoms with van der Waals surface area (Å²) in [6.45, 7) is 2.21. The van der Waals surface area contributed by atoms with Crippen molar-refractivity contribution in [1.29, 1.82) is 0 Å². The predicted molar refractivity (Wildman–Crippen MR) is 154 cm³/mol. The van der Waals surface area contributed by atoms with Crippen LogP contribution >= 0.6 is 22.9 Å². The lowest BCUT2D eigenvalue weighted by Gasteiger charge is -2.18. The van der Waals surface area contributed by atoms with Gasteiger partial charge in [-0.15, -0.1) is 11.3 Å². The van der Waals surface area contributed by atoms with E-state index < -0.39 is 18.0 Å². The minimum atomic E-state index is -1.20. The highest BCUT2D eigenvalue weighted by molar-refractivity contribution is 7.14. The van der Waals surface area contributed by atoms with Crippen molar-refractivity contribution in [3.8, 4) is 11.3 Å². The Labute approximate surface area is 231 Å². The number of nitrogen functional groups attached to an aromatic ring is 1. The number of aromatic nitrogens is 1. The normalized spacial score (nSPS) is 11.6. The lowest BCUT2D eigenvalue weighted by molar-refractivity contribution is -0.125. The van der Waals surface area contributed by atoms with E-state index in [0.29, 0.717) is 15.7 Å². The molecule has 0 saturated carbocycles. The van der Waals surface area contributed by atoms with Crippen LogP contribution in [-0.4, -0.2) is 16.9 Å². The van der Waals surface area contributed by atoms with E-state index in [4.69, 9.17) is 22.1 Å². The third-order valence-electron chi connectivity index (χ3n) is 6.10. The smallest absolute Gasteiger partial charge is 0.341 e. The van der Waals surface area contributed by atoms with Crippen molar-refractivity contribution in [2.45, 2.75) is 45.1 Å². The van der Waals surface area contributed by atoms with Crippen LogP contribution < -0.4 is 11.1 Å². The standard InChI is InChI=1S/C30H30ClN3O3S/c1-2-3-4-6-9-20-12-14-21(15-13-20)26-19-38-30(33-26)34-28(35)27(22-10-7-5-8-11-22)37-29(36)24-17-16-23(31)18-25(24)32/h5,7-8,10-19,27H,2-4,6,9,32H2,1H3,(H,33,34,35)/t27-/m0/s1. The van der Waals surface area contributed by atoms with Crippen LogP contribution in [0, 0.1) is 0 Å². The zero-order valence-corrected chi connectivity index (χ0v) is 22.7. The lowest BCUT2D eigenvalue weighted by atomic mass is 10.0. The van der Waals surface area contributed by atoms with E-state index in [0.717, 1.165) is 17.7 Å². The molecule has 1 amide bonds. The summed E-state index contributed by atoms with van der Waals surface area (Å²) in [5.41, 5.74) is 9.83. The summed E-state index contributed by atoms with van der Waals surface area (Å²) in [4.78, 5) is 30.8. The number of ether oxygens (including phenoxy) is 1. The van der Waals surface area contributed by atoms with Gasteiger partial charge >= 0.3 is 5.97 Å². The van der Waals surface area contributed by atoms with Crippen LogP contribution in [0.25, 0.3) is 11.3 Å². The average molecular weight is 548 g/mol. The van der Waals surface area contributed by atoms with Gasteiger partial charge in [-0.25, -0.2) is 9.78 Å². The Hall–Kier alpha value is -3.68. The fourth-order valence-corrected chi connectivity index (χ4v) is 4.93. The molecule has 0 saturated heterocycles. The topological polar surface area (TPSA) is 94.3 Å². The predicted octanol–water partition coefficient (Wildman–Crippen LogP) is 7.71. The number of esters is 1. The van der Waals surface area contributed by atoms with Gasteiger partial charge in [-0.1, -0.05) is 92.4 Å². The molecule has 8 heteroatoms. The first-order chi connectivity index (χ1) is 18.4. The second kappa shape index (κ2) is 13.2. The highest BCUT2D eigenvalue weighted by Gasteiger charge is 2.27. The maximum atomic E-state index is 13.3. The number of aryl methyl sites for hydroxylation is 1. The number of carbonyl (C=O) groups is 2. The van der Waals surface area contributed by atoms with Gasteiger partial charge < -0.3 is 10.5 Å². The monoisotopic (exact) mass is 547 g/mol. The van der Waals surface area contributed by atoms with E-state index in [1.807, 2.05) is 11.4 Å². The minimum absolute atomic E-state index is 0.133. The number of hydrogen-bond donors (Lipinski definition) is 2. The zero-order chi connectivity index (χ0) is 26.9. The largest absolute Gasteiger partial charge is 0.444 e. The molecule has 6 nitrogen and oxygen atoms in total. The zero-order valence-electron chi connectivity index (χ0n) is 21.2. The number of amides is 1.